The Balaban J connectivity index is 1.49. The van der Waals surface area contributed by atoms with Crippen molar-refractivity contribution in [3.63, 3.8) is 0 Å². The van der Waals surface area contributed by atoms with Crippen LogP contribution in [0, 0.1) is 0 Å². The number of fused-ring (bicyclic) bond motifs is 2. The molecule has 0 saturated heterocycles. The van der Waals surface area contributed by atoms with Crippen LogP contribution in [0.3, 0.4) is 0 Å². The summed E-state index contributed by atoms with van der Waals surface area (Å²) in [4.78, 5) is 43.8. The molecule has 1 atom stereocenters. The van der Waals surface area contributed by atoms with Gasteiger partial charge in [-0.15, -0.1) is 0 Å². The highest BCUT2D eigenvalue weighted by atomic mass is 16.5. The Kier molecular flexibility index (Phi) is 3.78. The molecule has 3 heterocycles. The lowest BCUT2D eigenvalue weighted by molar-refractivity contribution is 0.0924. The number of pyridine rings is 1. The summed E-state index contributed by atoms with van der Waals surface area (Å²) in [6.45, 7) is 0.519. The second-order valence-electron chi connectivity index (χ2n) is 7.16. The van der Waals surface area contributed by atoms with Crippen LogP contribution in [0.5, 0.6) is 5.75 Å². The standard InChI is InChI=1S/C20H18N4O4/c25-18(22-15-7-8-28-16-4-2-1-3-13(15)16)11-9-14-17(21-10-11)24(12-5-6-12)20(27)23-19(14)26/h1-4,9-10,12,15H,5-8H2,(H,22,25)(H,23,26,27). The summed E-state index contributed by atoms with van der Waals surface area (Å²) >= 11 is 0. The number of amides is 1. The van der Waals surface area contributed by atoms with Crippen LogP contribution in [0.1, 0.15) is 47.3 Å². The fraction of sp³-hybridized carbons (Fsp3) is 0.300. The van der Waals surface area contributed by atoms with Gasteiger partial charge in [0.2, 0.25) is 0 Å². The number of nitrogens with zero attached hydrogens (tertiary/aromatic N) is 2. The van der Waals surface area contributed by atoms with E-state index in [-0.39, 0.29) is 28.9 Å². The van der Waals surface area contributed by atoms with E-state index in [0.717, 1.165) is 24.2 Å². The number of rotatable bonds is 3. The molecule has 5 rings (SSSR count). The predicted octanol–water partition coefficient (Wildman–Crippen LogP) is 1.67. The third-order valence-corrected chi connectivity index (χ3v) is 5.22. The molecule has 1 aromatic carbocycles. The van der Waals surface area contributed by atoms with Crippen LogP contribution in [0.15, 0.2) is 46.1 Å². The second-order valence-corrected chi connectivity index (χ2v) is 7.16. The second kappa shape index (κ2) is 6.33. The minimum Gasteiger partial charge on any atom is -0.493 e. The maximum Gasteiger partial charge on any atom is 0.330 e. The van der Waals surface area contributed by atoms with E-state index in [1.807, 2.05) is 24.3 Å². The fourth-order valence-corrected chi connectivity index (χ4v) is 3.67. The average molecular weight is 378 g/mol. The lowest BCUT2D eigenvalue weighted by Gasteiger charge is -2.26. The normalized spacial score (nSPS) is 18.4. The number of nitrogens with one attached hydrogen (secondary N) is 2. The molecule has 1 aliphatic carbocycles. The Morgan fingerprint density at radius 1 is 1.21 bits per heavy atom. The number of benzene rings is 1. The highest BCUT2D eigenvalue weighted by Gasteiger charge is 2.28. The van der Waals surface area contributed by atoms with Crippen molar-refractivity contribution in [3.8, 4) is 5.75 Å². The zero-order chi connectivity index (χ0) is 19.3. The van der Waals surface area contributed by atoms with Gasteiger partial charge in [-0.25, -0.2) is 9.78 Å². The molecule has 1 aliphatic heterocycles. The molecule has 0 bridgehead atoms. The molecule has 1 saturated carbocycles. The molecule has 28 heavy (non-hydrogen) atoms. The van der Waals surface area contributed by atoms with E-state index in [0.29, 0.717) is 18.7 Å². The number of carbonyl (C=O) groups is 1. The summed E-state index contributed by atoms with van der Waals surface area (Å²) in [5.74, 6) is 0.445. The summed E-state index contributed by atoms with van der Waals surface area (Å²) < 4.78 is 7.13. The summed E-state index contributed by atoms with van der Waals surface area (Å²) in [7, 11) is 0. The molecule has 3 aromatic rings. The average Bonchev–Trinajstić information content (AvgIpc) is 3.53. The largest absolute Gasteiger partial charge is 0.493 e. The number of hydrogen-bond donors (Lipinski definition) is 2. The monoisotopic (exact) mass is 378 g/mol. The maximum atomic E-state index is 12.8. The number of H-pyrrole nitrogens is 1. The molecule has 1 unspecified atom stereocenters. The van der Waals surface area contributed by atoms with Crippen molar-refractivity contribution in [1.29, 1.82) is 0 Å². The number of para-hydroxylation sites is 1. The van der Waals surface area contributed by atoms with Crippen molar-refractivity contribution in [2.45, 2.75) is 31.3 Å². The van der Waals surface area contributed by atoms with Gasteiger partial charge < -0.3 is 10.1 Å². The van der Waals surface area contributed by atoms with Crippen molar-refractivity contribution >= 4 is 16.9 Å². The van der Waals surface area contributed by atoms with Gasteiger partial charge in [-0.05, 0) is 25.0 Å². The molecule has 0 spiro atoms. The molecule has 1 fully saturated rings. The zero-order valence-electron chi connectivity index (χ0n) is 15.0. The van der Waals surface area contributed by atoms with Crippen LogP contribution < -0.4 is 21.3 Å². The molecule has 142 valence electrons. The molecular weight excluding hydrogens is 360 g/mol. The van der Waals surface area contributed by atoms with Gasteiger partial charge in [0.15, 0.2) is 0 Å². The van der Waals surface area contributed by atoms with E-state index in [1.165, 1.54) is 16.8 Å². The lowest BCUT2D eigenvalue weighted by atomic mass is 10.0. The number of aromatic amines is 1. The minimum atomic E-state index is -0.532. The van der Waals surface area contributed by atoms with Gasteiger partial charge in [0.25, 0.3) is 11.5 Å². The van der Waals surface area contributed by atoms with E-state index < -0.39 is 11.2 Å². The predicted molar refractivity (Wildman–Crippen MR) is 102 cm³/mol. The molecule has 2 N–H and O–H groups in total. The Hall–Kier alpha value is -3.42. The smallest absolute Gasteiger partial charge is 0.330 e. The summed E-state index contributed by atoms with van der Waals surface area (Å²) in [5, 5.41) is 3.24. The van der Waals surface area contributed by atoms with Crippen LogP contribution in [0.4, 0.5) is 0 Å². The van der Waals surface area contributed by atoms with Crippen LogP contribution in [-0.2, 0) is 0 Å². The molecular formula is C20H18N4O4. The highest BCUT2D eigenvalue weighted by molar-refractivity contribution is 5.97. The van der Waals surface area contributed by atoms with Crippen molar-refractivity contribution in [1.82, 2.24) is 19.9 Å². The SMILES string of the molecule is O=C(NC1CCOc2ccccc21)c1cnc2c(c1)c(=O)[nH]c(=O)n2C1CC1. The van der Waals surface area contributed by atoms with Crippen LogP contribution in [0.2, 0.25) is 0 Å². The molecule has 8 heteroatoms. The molecule has 2 aliphatic rings. The van der Waals surface area contributed by atoms with Gasteiger partial charge in [0.05, 0.1) is 23.6 Å². The summed E-state index contributed by atoms with van der Waals surface area (Å²) in [5.41, 5.74) is 0.544. The van der Waals surface area contributed by atoms with Crippen molar-refractivity contribution in [2.75, 3.05) is 6.61 Å². The fourth-order valence-electron chi connectivity index (χ4n) is 3.67. The summed E-state index contributed by atoms with van der Waals surface area (Å²) in [6, 6.07) is 8.99. The molecule has 1 amide bonds. The number of ether oxygens (including phenoxy) is 1. The van der Waals surface area contributed by atoms with E-state index in [9.17, 15) is 14.4 Å². The first-order valence-corrected chi connectivity index (χ1v) is 9.29. The number of aromatic nitrogens is 3. The van der Waals surface area contributed by atoms with Crippen LogP contribution in [0.25, 0.3) is 11.0 Å². The van der Waals surface area contributed by atoms with Gasteiger partial charge >= 0.3 is 5.69 Å². The number of hydrogen-bond acceptors (Lipinski definition) is 5. The van der Waals surface area contributed by atoms with Gasteiger partial charge in [-0.1, -0.05) is 18.2 Å². The van der Waals surface area contributed by atoms with Gasteiger partial charge in [0, 0.05) is 24.2 Å². The van der Waals surface area contributed by atoms with Crippen molar-refractivity contribution in [2.24, 2.45) is 0 Å². The molecule has 8 nitrogen and oxygen atoms in total. The third kappa shape index (κ3) is 2.77. The van der Waals surface area contributed by atoms with Crippen LogP contribution >= 0.6 is 0 Å². The van der Waals surface area contributed by atoms with E-state index in [2.05, 4.69) is 15.3 Å². The maximum absolute atomic E-state index is 12.8. The van der Waals surface area contributed by atoms with Crippen molar-refractivity contribution < 1.29 is 9.53 Å². The lowest BCUT2D eigenvalue weighted by Crippen LogP contribution is -2.33. The highest BCUT2D eigenvalue weighted by Crippen LogP contribution is 2.35. The Bertz CT molecular complexity index is 1210. The van der Waals surface area contributed by atoms with Gasteiger partial charge in [-0.2, -0.15) is 0 Å². The molecule has 2 aromatic heterocycles. The topological polar surface area (TPSA) is 106 Å². The number of carbonyl (C=O) groups excluding carboxylic acids is 1. The first-order valence-electron chi connectivity index (χ1n) is 9.29. The Labute approximate surface area is 159 Å². The minimum absolute atomic E-state index is 0.0674. The zero-order valence-corrected chi connectivity index (χ0v) is 15.0. The van der Waals surface area contributed by atoms with Crippen LogP contribution in [-0.4, -0.2) is 27.0 Å². The Morgan fingerprint density at radius 3 is 2.86 bits per heavy atom. The van der Waals surface area contributed by atoms with E-state index >= 15 is 0 Å². The van der Waals surface area contributed by atoms with E-state index in [4.69, 9.17) is 4.74 Å². The third-order valence-electron chi connectivity index (χ3n) is 5.22. The van der Waals surface area contributed by atoms with Crippen molar-refractivity contribution in [3.05, 3.63) is 68.5 Å². The first-order chi connectivity index (χ1) is 13.6. The van der Waals surface area contributed by atoms with E-state index in [1.54, 1.807) is 0 Å². The van der Waals surface area contributed by atoms with Gasteiger partial charge in [0.1, 0.15) is 11.4 Å². The Morgan fingerprint density at radius 2 is 2.04 bits per heavy atom. The van der Waals surface area contributed by atoms with Gasteiger partial charge in [-0.3, -0.25) is 19.1 Å². The summed E-state index contributed by atoms with van der Waals surface area (Å²) in [6.07, 6.45) is 3.84. The first kappa shape index (κ1) is 16.7. The molecule has 0 radical (unpaired) electrons. The quantitative estimate of drug-likeness (QED) is 0.721.